The quantitative estimate of drug-likeness (QED) is 0.641. The van der Waals surface area contributed by atoms with Crippen molar-refractivity contribution in [2.75, 3.05) is 6.54 Å². The van der Waals surface area contributed by atoms with Gasteiger partial charge < -0.3 is 10.6 Å². The Labute approximate surface area is 121 Å². The Hall–Kier alpha value is -1.10. The van der Waals surface area contributed by atoms with Gasteiger partial charge in [0.2, 0.25) is 0 Å². The van der Waals surface area contributed by atoms with Crippen LogP contribution >= 0.6 is 12.2 Å². The van der Waals surface area contributed by atoms with Crippen molar-refractivity contribution in [2.45, 2.75) is 58.5 Å². The summed E-state index contributed by atoms with van der Waals surface area (Å²) >= 11 is 5.31. The summed E-state index contributed by atoms with van der Waals surface area (Å²) in [4.78, 5) is 0. The van der Waals surface area contributed by atoms with E-state index in [0.717, 1.165) is 30.3 Å². The maximum Gasteiger partial charge on any atom is 0.166 e. The van der Waals surface area contributed by atoms with Gasteiger partial charge in [0.15, 0.2) is 5.11 Å². The Balaban J connectivity index is 1.61. The summed E-state index contributed by atoms with van der Waals surface area (Å²) < 4.78 is 2.06. The van der Waals surface area contributed by atoms with E-state index in [4.69, 9.17) is 12.2 Å². The molecule has 2 N–H and O–H groups in total. The van der Waals surface area contributed by atoms with Crippen molar-refractivity contribution in [3.63, 3.8) is 0 Å². The van der Waals surface area contributed by atoms with Crippen LogP contribution in [0.25, 0.3) is 0 Å². The molecule has 4 nitrogen and oxygen atoms in total. The second-order valence-corrected chi connectivity index (χ2v) is 5.79. The summed E-state index contributed by atoms with van der Waals surface area (Å²) in [6.07, 6.45) is 6.21. The predicted octanol–water partition coefficient (Wildman–Crippen LogP) is 2.30. The lowest BCUT2D eigenvalue weighted by atomic mass is 10.3. The van der Waals surface area contributed by atoms with Gasteiger partial charge in [0.1, 0.15) is 0 Å². The lowest BCUT2D eigenvalue weighted by Crippen LogP contribution is -2.41. The second-order valence-electron chi connectivity index (χ2n) is 5.39. The first-order chi connectivity index (χ1) is 9.15. The molecule has 0 saturated heterocycles. The molecule has 0 aliphatic heterocycles. The zero-order chi connectivity index (χ0) is 13.7. The maximum absolute atomic E-state index is 5.31. The van der Waals surface area contributed by atoms with Gasteiger partial charge in [0, 0.05) is 24.8 Å². The van der Waals surface area contributed by atoms with Crippen molar-refractivity contribution in [1.82, 2.24) is 20.4 Å². The number of hydrogen-bond donors (Lipinski definition) is 2. The molecule has 0 atom stereocenters. The monoisotopic (exact) mass is 280 g/mol. The number of aromatic nitrogens is 2. The van der Waals surface area contributed by atoms with E-state index in [1.54, 1.807) is 0 Å². The molecule has 0 radical (unpaired) electrons. The summed E-state index contributed by atoms with van der Waals surface area (Å²) in [7, 11) is 0. The Morgan fingerprint density at radius 1 is 1.42 bits per heavy atom. The number of nitrogens with one attached hydrogen (secondary N) is 2. The number of nitrogens with zero attached hydrogens (tertiary/aromatic N) is 2. The van der Waals surface area contributed by atoms with Crippen molar-refractivity contribution in [1.29, 1.82) is 0 Å². The van der Waals surface area contributed by atoms with E-state index >= 15 is 0 Å². The summed E-state index contributed by atoms with van der Waals surface area (Å²) in [5.74, 6) is 0. The number of thiocarbonyl (C=S) groups is 1. The average molecular weight is 280 g/mol. The molecule has 0 unspecified atom stereocenters. The minimum Gasteiger partial charge on any atom is -0.363 e. The molecule has 1 aromatic heterocycles. The number of aryl methyl sites for hydroxylation is 3. The molecule has 1 aliphatic carbocycles. The van der Waals surface area contributed by atoms with Crippen LogP contribution in [0.3, 0.4) is 0 Å². The van der Waals surface area contributed by atoms with Gasteiger partial charge in [-0.3, -0.25) is 4.68 Å². The fraction of sp³-hybridized carbons (Fsp3) is 0.714. The normalized spacial score (nSPS) is 15.7. The Morgan fingerprint density at radius 2 is 2.16 bits per heavy atom. The first-order valence-electron chi connectivity index (χ1n) is 7.20. The molecule has 1 fully saturated rings. The summed E-state index contributed by atoms with van der Waals surface area (Å²) in [6, 6.07) is 2.70. The first-order valence-corrected chi connectivity index (χ1v) is 7.61. The third-order valence-electron chi connectivity index (χ3n) is 3.63. The Bertz CT molecular complexity index is 421. The molecule has 5 heteroatoms. The van der Waals surface area contributed by atoms with Crippen molar-refractivity contribution < 1.29 is 0 Å². The highest BCUT2D eigenvalue weighted by Gasteiger charge is 2.14. The zero-order valence-electron chi connectivity index (χ0n) is 11.9. The molecule has 0 spiro atoms. The van der Waals surface area contributed by atoms with Crippen LogP contribution in [0.15, 0.2) is 6.07 Å². The van der Waals surface area contributed by atoms with Crippen molar-refractivity contribution >= 4 is 17.3 Å². The number of hydrogen-bond acceptors (Lipinski definition) is 2. The van der Waals surface area contributed by atoms with Crippen LogP contribution < -0.4 is 10.6 Å². The molecule has 0 bridgehead atoms. The maximum atomic E-state index is 5.31. The Kier molecular flexibility index (Phi) is 5.19. The number of rotatable bonds is 5. The summed E-state index contributed by atoms with van der Waals surface area (Å²) in [5, 5.41) is 11.9. The fourth-order valence-corrected chi connectivity index (χ4v) is 2.91. The minimum atomic E-state index is 0.594. The van der Waals surface area contributed by atoms with Gasteiger partial charge in [-0.25, -0.2) is 0 Å². The average Bonchev–Trinajstić information content (AvgIpc) is 2.95. The predicted molar refractivity (Wildman–Crippen MR) is 82.3 cm³/mol. The summed E-state index contributed by atoms with van der Waals surface area (Å²) in [5.41, 5.74) is 2.31. The fourth-order valence-electron chi connectivity index (χ4n) is 2.64. The van der Waals surface area contributed by atoms with E-state index in [1.165, 1.54) is 31.4 Å². The largest absolute Gasteiger partial charge is 0.363 e. The van der Waals surface area contributed by atoms with Crippen molar-refractivity contribution in [3.8, 4) is 0 Å². The minimum absolute atomic E-state index is 0.594. The highest BCUT2D eigenvalue weighted by atomic mass is 32.1. The van der Waals surface area contributed by atoms with E-state index < -0.39 is 0 Å². The van der Waals surface area contributed by atoms with Crippen LogP contribution in [0.2, 0.25) is 0 Å². The molecular formula is C14H24N4S. The van der Waals surface area contributed by atoms with Crippen LogP contribution in [-0.2, 0) is 6.54 Å². The van der Waals surface area contributed by atoms with E-state index in [-0.39, 0.29) is 0 Å². The first kappa shape index (κ1) is 14.3. The standard InChI is InChI=1S/C14H24N4S/c1-11-10-12(2)18(17-11)9-5-8-15-14(19)16-13-6-3-4-7-13/h10,13H,3-9H2,1-2H3,(H2,15,16,19). The lowest BCUT2D eigenvalue weighted by molar-refractivity contribution is 0.552. The Morgan fingerprint density at radius 3 is 2.79 bits per heavy atom. The molecule has 0 amide bonds. The van der Waals surface area contributed by atoms with Gasteiger partial charge in [-0.1, -0.05) is 12.8 Å². The molecule has 1 aromatic rings. The van der Waals surface area contributed by atoms with Crippen LogP contribution in [0.1, 0.15) is 43.5 Å². The molecule has 1 aliphatic rings. The smallest absolute Gasteiger partial charge is 0.166 e. The molecule has 1 heterocycles. The van der Waals surface area contributed by atoms with Crippen LogP contribution in [0.4, 0.5) is 0 Å². The van der Waals surface area contributed by atoms with E-state index in [1.807, 2.05) is 6.92 Å². The van der Waals surface area contributed by atoms with Crippen molar-refractivity contribution in [3.05, 3.63) is 17.5 Å². The summed E-state index contributed by atoms with van der Waals surface area (Å²) in [6.45, 7) is 5.97. The second kappa shape index (κ2) is 6.89. The SMILES string of the molecule is Cc1cc(C)n(CCCNC(=S)NC2CCCC2)n1. The van der Waals surface area contributed by atoms with Gasteiger partial charge >= 0.3 is 0 Å². The molecule has 106 valence electrons. The van der Waals surface area contributed by atoms with E-state index in [2.05, 4.69) is 33.4 Å². The van der Waals surface area contributed by atoms with Crippen LogP contribution in [0.5, 0.6) is 0 Å². The van der Waals surface area contributed by atoms with Gasteiger partial charge in [0.05, 0.1) is 5.69 Å². The molecule has 19 heavy (non-hydrogen) atoms. The van der Waals surface area contributed by atoms with Gasteiger partial charge in [-0.05, 0) is 51.4 Å². The lowest BCUT2D eigenvalue weighted by Gasteiger charge is -2.15. The van der Waals surface area contributed by atoms with E-state index in [9.17, 15) is 0 Å². The molecular weight excluding hydrogens is 256 g/mol. The van der Waals surface area contributed by atoms with Gasteiger partial charge in [-0.2, -0.15) is 5.10 Å². The molecule has 1 saturated carbocycles. The van der Waals surface area contributed by atoms with Crippen molar-refractivity contribution in [2.24, 2.45) is 0 Å². The zero-order valence-corrected chi connectivity index (χ0v) is 12.7. The van der Waals surface area contributed by atoms with Gasteiger partial charge in [-0.15, -0.1) is 0 Å². The third-order valence-corrected chi connectivity index (χ3v) is 3.89. The van der Waals surface area contributed by atoms with Crippen LogP contribution in [0, 0.1) is 13.8 Å². The third kappa shape index (κ3) is 4.49. The van der Waals surface area contributed by atoms with Gasteiger partial charge in [0.25, 0.3) is 0 Å². The molecule has 0 aromatic carbocycles. The highest BCUT2D eigenvalue weighted by molar-refractivity contribution is 7.80. The highest BCUT2D eigenvalue weighted by Crippen LogP contribution is 2.17. The van der Waals surface area contributed by atoms with Crippen LogP contribution in [-0.4, -0.2) is 27.5 Å². The topological polar surface area (TPSA) is 41.9 Å². The molecule has 2 rings (SSSR count). The van der Waals surface area contributed by atoms with E-state index in [0.29, 0.717) is 6.04 Å².